The van der Waals surface area contributed by atoms with Crippen molar-refractivity contribution in [1.82, 2.24) is 5.43 Å². The first-order chi connectivity index (χ1) is 17.6. The number of carbonyl (C=O) groups excluding carboxylic acids is 2. The molecule has 5 aromatic carbocycles. The van der Waals surface area contributed by atoms with Crippen LogP contribution < -0.4 is 10.3 Å². The van der Waals surface area contributed by atoms with Crippen molar-refractivity contribution in [2.75, 3.05) is 4.90 Å². The van der Waals surface area contributed by atoms with Gasteiger partial charge in [-0.25, -0.2) is 5.43 Å². The number of hydrogen-bond donors (Lipinski definition) is 1. The lowest BCUT2D eigenvalue weighted by Crippen LogP contribution is -2.26. The predicted octanol–water partition coefficient (Wildman–Crippen LogP) is 6.31. The smallest absolute Gasteiger partial charge is 0.271 e. The van der Waals surface area contributed by atoms with E-state index in [1.807, 2.05) is 79.7 Å². The van der Waals surface area contributed by atoms with Gasteiger partial charge in [-0.3, -0.25) is 9.59 Å². The second-order valence-electron chi connectivity index (χ2n) is 8.97. The molecule has 0 bridgehead atoms. The van der Waals surface area contributed by atoms with Crippen molar-refractivity contribution in [1.29, 1.82) is 0 Å². The monoisotopic (exact) mass is 469 g/mol. The highest BCUT2D eigenvalue weighted by Crippen LogP contribution is 2.38. The van der Waals surface area contributed by atoms with Crippen LogP contribution in [0.15, 0.2) is 108 Å². The van der Waals surface area contributed by atoms with Gasteiger partial charge in [0.15, 0.2) is 0 Å². The molecule has 0 radical (unpaired) electrons. The van der Waals surface area contributed by atoms with Crippen molar-refractivity contribution in [2.45, 2.75) is 13.5 Å². The van der Waals surface area contributed by atoms with E-state index in [1.165, 1.54) is 0 Å². The number of anilines is 1. The van der Waals surface area contributed by atoms with E-state index in [9.17, 15) is 9.59 Å². The Kier molecular flexibility index (Phi) is 5.30. The van der Waals surface area contributed by atoms with Crippen LogP contribution in [0.4, 0.5) is 5.69 Å². The topological polar surface area (TPSA) is 61.8 Å². The van der Waals surface area contributed by atoms with Gasteiger partial charge in [0, 0.05) is 16.5 Å². The summed E-state index contributed by atoms with van der Waals surface area (Å²) < 4.78 is 0. The number of carbonyl (C=O) groups is 2. The van der Waals surface area contributed by atoms with Gasteiger partial charge in [0.2, 0.25) is 0 Å². The lowest BCUT2D eigenvalue weighted by molar-refractivity contribution is 0.0953. The fourth-order valence-electron chi connectivity index (χ4n) is 4.76. The van der Waals surface area contributed by atoms with Crippen LogP contribution in [-0.4, -0.2) is 17.5 Å². The summed E-state index contributed by atoms with van der Waals surface area (Å²) in [6.45, 7) is 2.31. The Bertz CT molecular complexity index is 1680. The zero-order valence-electron chi connectivity index (χ0n) is 19.7. The zero-order chi connectivity index (χ0) is 24.6. The van der Waals surface area contributed by atoms with Gasteiger partial charge in [-0.15, -0.1) is 0 Å². The van der Waals surface area contributed by atoms with Crippen LogP contribution in [0.5, 0.6) is 0 Å². The van der Waals surface area contributed by atoms with Gasteiger partial charge in [0.25, 0.3) is 11.8 Å². The van der Waals surface area contributed by atoms with Gasteiger partial charge < -0.3 is 4.90 Å². The molecule has 0 saturated heterocycles. The van der Waals surface area contributed by atoms with E-state index in [2.05, 4.69) is 28.7 Å². The van der Waals surface area contributed by atoms with Crippen LogP contribution in [0, 0.1) is 0 Å². The highest BCUT2D eigenvalue weighted by molar-refractivity contribution is 6.24. The second kappa shape index (κ2) is 8.78. The van der Waals surface area contributed by atoms with Crippen molar-refractivity contribution < 1.29 is 9.59 Å². The molecule has 1 aliphatic rings. The molecule has 0 saturated carbocycles. The molecule has 0 unspecified atom stereocenters. The van der Waals surface area contributed by atoms with Crippen LogP contribution in [0.2, 0.25) is 0 Å². The fourth-order valence-corrected chi connectivity index (χ4v) is 4.76. The summed E-state index contributed by atoms with van der Waals surface area (Å²) in [6.07, 6.45) is 0. The summed E-state index contributed by atoms with van der Waals surface area (Å²) in [7, 11) is 0. The first-order valence-corrected chi connectivity index (χ1v) is 11.8. The number of hydrogen-bond acceptors (Lipinski definition) is 3. The molecule has 0 atom stereocenters. The van der Waals surface area contributed by atoms with Crippen LogP contribution in [0.25, 0.3) is 21.5 Å². The molecule has 5 heteroatoms. The van der Waals surface area contributed by atoms with Gasteiger partial charge in [-0.05, 0) is 64.5 Å². The van der Waals surface area contributed by atoms with E-state index in [1.54, 1.807) is 17.0 Å². The van der Waals surface area contributed by atoms with Crippen LogP contribution in [-0.2, 0) is 6.54 Å². The van der Waals surface area contributed by atoms with E-state index in [-0.39, 0.29) is 11.8 Å². The third-order valence-electron chi connectivity index (χ3n) is 6.70. The number of fused-ring (bicyclic) bond motifs is 1. The molecule has 6 rings (SSSR count). The van der Waals surface area contributed by atoms with Crippen LogP contribution in [0.3, 0.4) is 0 Å². The number of amides is 2. The number of rotatable bonds is 5. The predicted molar refractivity (Wildman–Crippen MR) is 145 cm³/mol. The molecule has 36 heavy (non-hydrogen) atoms. The summed E-state index contributed by atoms with van der Waals surface area (Å²) in [4.78, 5) is 27.5. The Morgan fingerprint density at radius 3 is 2.28 bits per heavy atom. The van der Waals surface area contributed by atoms with Gasteiger partial charge >= 0.3 is 0 Å². The Morgan fingerprint density at radius 2 is 1.47 bits per heavy atom. The Hall–Kier alpha value is -4.77. The Labute approximate surface area is 208 Å². The maximum absolute atomic E-state index is 13.0. The molecule has 2 amide bonds. The van der Waals surface area contributed by atoms with Gasteiger partial charge in [0.05, 0.1) is 17.9 Å². The highest BCUT2D eigenvalue weighted by Gasteiger charge is 2.29. The van der Waals surface area contributed by atoms with Crippen LogP contribution in [0.1, 0.15) is 38.8 Å². The Morgan fingerprint density at radius 1 is 0.778 bits per heavy atom. The van der Waals surface area contributed by atoms with E-state index in [0.29, 0.717) is 12.1 Å². The number of nitrogens with one attached hydrogen (secondary N) is 1. The fraction of sp³-hybridized carbons (Fsp3) is 0.0645. The summed E-state index contributed by atoms with van der Waals surface area (Å²) in [6, 6.07) is 33.3. The standard InChI is InChI=1S/C31H23N3O2/c1-20(25-17-16-22-6-2-3-7-26(22)18-25)32-33-30(35)24-14-12-21(13-15-24)19-34-28-11-5-9-23-8-4-10-27(29(23)28)31(34)36/h2-18H,19H2,1H3,(H,33,35). The average molecular weight is 470 g/mol. The molecule has 0 spiro atoms. The number of hydrazone groups is 1. The molecular formula is C31H23N3O2. The average Bonchev–Trinajstić information content (AvgIpc) is 3.19. The van der Waals surface area contributed by atoms with Crippen molar-refractivity contribution in [2.24, 2.45) is 5.10 Å². The molecule has 5 nitrogen and oxygen atoms in total. The quantitative estimate of drug-likeness (QED) is 0.242. The van der Waals surface area contributed by atoms with Gasteiger partial charge in [0.1, 0.15) is 0 Å². The molecule has 1 N–H and O–H groups in total. The largest absolute Gasteiger partial charge is 0.303 e. The molecule has 0 fully saturated rings. The number of benzene rings is 5. The molecule has 174 valence electrons. The molecule has 1 aliphatic heterocycles. The van der Waals surface area contributed by atoms with Crippen molar-refractivity contribution >= 4 is 44.8 Å². The summed E-state index contributed by atoms with van der Waals surface area (Å²) >= 11 is 0. The zero-order valence-corrected chi connectivity index (χ0v) is 19.7. The maximum atomic E-state index is 13.0. The first kappa shape index (κ1) is 21.7. The lowest BCUT2D eigenvalue weighted by atomic mass is 10.0. The van der Waals surface area contributed by atoms with Crippen molar-refractivity contribution in [3.8, 4) is 0 Å². The van der Waals surface area contributed by atoms with E-state index >= 15 is 0 Å². The number of nitrogens with zero attached hydrogens (tertiary/aromatic N) is 2. The lowest BCUT2D eigenvalue weighted by Gasteiger charge is -2.18. The third kappa shape index (κ3) is 3.81. The summed E-state index contributed by atoms with van der Waals surface area (Å²) in [5.74, 6) is -0.279. The molecular weight excluding hydrogens is 446 g/mol. The van der Waals surface area contributed by atoms with Crippen molar-refractivity contribution in [3.63, 3.8) is 0 Å². The minimum absolute atomic E-state index is 0.00197. The minimum Gasteiger partial charge on any atom is -0.303 e. The van der Waals surface area contributed by atoms with Crippen LogP contribution >= 0.6 is 0 Å². The van der Waals surface area contributed by atoms with E-state index in [0.717, 1.165) is 49.6 Å². The minimum atomic E-state index is -0.281. The summed E-state index contributed by atoms with van der Waals surface area (Å²) in [5, 5.41) is 8.65. The second-order valence-corrected chi connectivity index (χ2v) is 8.97. The SMILES string of the molecule is CC(=NNC(=O)c1ccc(CN2C(=O)c3cccc4cccc2c34)cc1)c1ccc2ccccc2c1. The highest BCUT2D eigenvalue weighted by atomic mass is 16.2. The summed E-state index contributed by atoms with van der Waals surface area (Å²) in [5.41, 5.74) is 7.45. The Balaban J connectivity index is 1.16. The molecule has 5 aromatic rings. The molecule has 0 aromatic heterocycles. The molecule has 0 aliphatic carbocycles. The van der Waals surface area contributed by atoms with Crippen molar-refractivity contribution in [3.05, 3.63) is 125 Å². The van der Waals surface area contributed by atoms with Gasteiger partial charge in [-0.2, -0.15) is 5.10 Å². The van der Waals surface area contributed by atoms with E-state index < -0.39 is 0 Å². The normalized spacial score (nSPS) is 13.0. The van der Waals surface area contributed by atoms with E-state index in [4.69, 9.17) is 0 Å². The van der Waals surface area contributed by atoms with Gasteiger partial charge in [-0.1, -0.05) is 72.8 Å². The maximum Gasteiger partial charge on any atom is 0.271 e. The first-order valence-electron chi connectivity index (χ1n) is 11.8. The molecule has 1 heterocycles. The third-order valence-corrected chi connectivity index (χ3v) is 6.70.